The molecule has 0 bridgehead atoms. The standard InChI is InChI=1S/C25H18BrN3O6S/c1-32-21-8-17(24(30)34-3)18(9-22(21)33-2)28-11-14(10-27)23-29-19(12-36-23)16-7-13-6-15(26)4-5-20(13)35-25(16)31/h4-9,11-12,28H,1-3H3/b14-11+. The molecule has 0 unspecified atom stereocenters. The molecule has 4 rings (SSSR count). The third-order valence-electron chi connectivity index (χ3n) is 5.13. The summed E-state index contributed by atoms with van der Waals surface area (Å²) in [5.74, 6) is 0.126. The van der Waals surface area contributed by atoms with Crippen molar-refractivity contribution in [2.75, 3.05) is 26.6 Å². The zero-order chi connectivity index (χ0) is 25.8. The second kappa shape index (κ2) is 10.6. The number of ether oxygens (including phenoxy) is 3. The summed E-state index contributed by atoms with van der Waals surface area (Å²) in [6.45, 7) is 0. The molecule has 2 aromatic heterocycles. The molecular formula is C25H18BrN3O6S. The highest BCUT2D eigenvalue weighted by molar-refractivity contribution is 9.10. The Labute approximate surface area is 217 Å². The van der Waals surface area contributed by atoms with Gasteiger partial charge in [0, 0.05) is 33.6 Å². The Bertz CT molecular complexity index is 1600. The molecule has 182 valence electrons. The molecule has 2 aromatic carbocycles. The molecule has 1 N–H and O–H groups in total. The molecule has 0 saturated carbocycles. The highest BCUT2D eigenvalue weighted by atomic mass is 79.9. The van der Waals surface area contributed by atoms with Crippen LogP contribution in [0, 0.1) is 11.3 Å². The fraction of sp³-hybridized carbons (Fsp3) is 0.120. The lowest BCUT2D eigenvalue weighted by atomic mass is 10.1. The number of nitrogens with one attached hydrogen (secondary N) is 1. The molecule has 0 spiro atoms. The third kappa shape index (κ3) is 4.95. The van der Waals surface area contributed by atoms with Crippen molar-refractivity contribution in [1.82, 2.24) is 4.98 Å². The predicted octanol–water partition coefficient (Wildman–Crippen LogP) is 5.46. The van der Waals surface area contributed by atoms with Crippen LogP contribution in [0.5, 0.6) is 11.5 Å². The van der Waals surface area contributed by atoms with E-state index in [9.17, 15) is 14.9 Å². The van der Waals surface area contributed by atoms with Gasteiger partial charge in [-0.25, -0.2) is 14.6 Å². The number of hydrogen-bond acceptors (Lipinski definition) is 10. The van der Waals surface area contributed by atoms with Gasteiger partial charge in [0.1, 0.15) is 22.2 Å². The minimum atomic E-state index is -0.600. The first-order valence-electron chi connectivity index (χ1n) is 10.3. The van der Waals surface area contributed by atoms with Crippen molar-refractivity contribution in [2.45, 2.75) is 0 Å². The number of rotatable bonds is 7. The summed E-state index contributed by atoms with van der Waals surface area (Å²) in [7, 11) is 4.18. The topological polar surface area (TPSA) is 124 Å². The summed E-state index contributed by atoms with van der Waals surface area (Å²) in [6.07, 6.45) is 1.41. The molecule has 0 aliphatic rings. The summed E-state index contributed by atoms with van der Waals surface area (Å²) in [6, 6.07) is 12.1. The molecule has 2 heterocycles. The Morgan fingerprint density at radius 2 is 1.92 bits per heavy atom. The van der Waals surface area contributed by atoms with Crippen molar-refractivity contribution in [3.8, 4) is 28.8 Å². The van der Waals surface area contributed by atoms with E-state index in [1.54, 1.807) is 29.6 Å². The van der Waals surface area contributed by atoms with Gasteiger partial charge < -0.3 is 23.9 Å². The predicted molar refractivity (Wildman–Crippen MR) is 139 cm³/mol. The van der Waals surface area contributed by atoms with Gasteiger partial charge in [0.05, 0.1) is 43.8 Å². The molecule has 0 radical (unpaired) electrons. The van der Waals surface area contributed by atoms with E-state index in [1.807, 2.05) is 6.07 Å². The normalized spacial score (nSPS) is 11.1. The Morgan fingerprint density at radius 1 is 1.17 bits per heavy atom. The molecule has 0 amide bonds. The highest BCUT2D eigenvalue weighted by Gasteiger charge is 2.18. The van der Waals surface area contributed by atoms with Crippen LogP contribution in [0.4, 0.5) is 5.69 Å². The van der Waals surface area contributed by atoms with E-state index in [0.717, 1.165) is 9.86 Å². The first-order valence-corrected chi connectivity index (χ1v) is 12.0. The average molecular weight is 568 g/mol. The van der Waals surface area contributed by atoms with Crippen LogP contribution in [0.25, 0.3) is 27.8 Å². The number of hydrogen-bond donors (Lipinski definition) is 1. The smallest absolute Gasteiger partial charge is 0.345 e. The van der Waals surface area contributed by atoms with E-state index < -0.39 is 11.6 Å². The van der Waals surface area contributed by atoms with E-state index in [-0.39, 0.29) is 16.7 Å². The number of carbonyl (C=O) groups is 1. The van der Waals surface area contributed by atoms with Crippen LogP contribution in [0.1, 0.15) is 15.4 Å². The maximum atomic E-state index is 12.5. The second-order valence-electron chi connectivity index (χ2n) is 7.23. The number of benzene rings is 2. The van der Waals surface area contributed by atoms with Crippen molar-refractivity contribution in [3.63, 3.8) is 0 Å². The highest BCUT2D eigenvalue weighted by Crippen LogP contribution is 2.34. The third-order valence-corrected chi connectivity index (χ3v) is 6.50. The molecule has 0 saturated heterocycles. The van der Waals surface area contributed by atoms with Gasteiger partial charge in [-0.3, -0.25) is 0 Å². The van der Waals surface area contributed by atoms with Gasteiger partial charge in [-0.15, -0.1) is 11.3 Å². The first-order chi connectivity index (χ1) is 17.4. The van der Waals surface area contributed by atoms with Crippen molar-refractivity contribution in [1.29, 1.82) is 5.26 Å². The summed E-state index contributed by atoms with van der Waals surface area (Å²) < 4.78 is 21.7. The summed E-state index contributed by atoms with van der Waals surface area (Å²) in [5, 5.41) is 15.5. The number of methoxy groups -OCH3 is 3. The van der Waals surface area contributed by atoms with Gasteiger partial charge >= 0.3 is 11.6 Å². The van der Waals surface area contributed by atoms with Crippen LogP contribution < -0.4 is 20.4 Å². The van der Waals surface area contributed by atoms with Crippen LogP contribution in [-0.2, 0) is 4.74 Å². The molecule has 0 atom stereocenters. The van der Waals surface area contributed by atoms with E-state index in [2.05, 4.69) is 32.3 Å². The zero-order valence-electron chi connectivity index (χ0n) is 19.2. The number of halogens is 1. The Kier molecular flexibility index (Phi) is 7.38. The molecule has 4 aromatic rings. The SMILES string of the molecule is COC(=O)c1cc(OC)c(OC)cc1N/C=C(\C#N)c1nc(-c2cc3cc(Br)ccc3oc2=O)cs1. The zero-order valence-corrected chi connectivity index (χ0v) is 21.7. The van der Waals surface area contributed by atoms with Crippen LogP contribution >= 0.6 is 27.3 Å². The lowest BCUT2D eigenvalue weighted by molar-refractivity contribution is 0.0601. The van der Waals surface area contributed by atoms with Gasteiger partial charge in [0.25, 0.3) is 0 Å². The van der Waals surface area contributed by atoms with Crippen LogP contribution in [0.15, 0.2) is 61.7 Å². The molecule has 0 fully saturated rings. The van der Waals surface area contributed by atoms with E-state index >= 15 is 0 Å². The molecule has 0 aliphatic heterocycles. The van der Waals surface area contributed by atoms with Gasteiger partial charge in [-0.1, -0.05) is 15.9 Å². The number of fused-ring (bicyclic) bond motifs is 1. The molecule has 11 heteroatoms. The Hall–Kier alpha value is -4.14. The maximum absolute atomic E-state index is 12.5. The summed E-state index contributed by atoms with van der Waals surface area (Å²) >= 11 is 4.60. The molecular weight excluding hydrogens is 550 g/mol. The van der Waals surface area contributed by atoms with Gasteiger partial charge in [-0.05, 0) is 24.3 Å². The number of nitriles is 1. The van der Waals surface area contributed by atoms with Crippen molar-refractivity contribution < 1.29 is 23.4 Å². The minimum Gasteiger partial charge on any atom is -0.493 e. The Morgan fingerprint density at radius 3 is 2.61 bits per heavy atom. The largest absolute Gasteiger partial charge is 0.493 e. The fourth-order valence-corrected chi connectivity index (χ4v) is 4.53. The fourth-order valence-electron chi connectivity index (χ4n) is 3.36. The summed E-state index contributed by atoms with van der Waals surface area (Å²) in [5.41, 5.74) is 1.29. The quantitative estimate of drug-likeness (QED) is 0.176. The number of allylic oxidation sites excluding steroid dienone is 1. The lowest BCUT2D eigenvalue weighted by Crippen LogP contribution is -2.07. The molecule has 0 aliphatic carbocycles. The van der Waals surface area contributed by atoms with Gasteiger partial charge in [0.2, 0.25) is 0 Å². The molecule has 9 nitrogen and oxygen atoms in total. The monoisotopic (exact) mass is 567 g/mol. The number of esters is 1. The summed E-state index contributed by atoms with van der Waals surface area (Å²) in [4.78, 5) is 29.3. The van der Waals surface area contributed by atoms with Crippen LogP contribution in [0.3, 0.4) is 0 Å². The average Bonchev–Trinajstić information content (AvgIpc) is 3.37. The minimum absolute atomic E-state index is 0.184. The van der Waals surface area contributed by atoms with E-state index in [1.165, 1.54) is 44.9 Å². The van der Waals surface area contributed by atoms with Crippen LogP contribution in [-0.4, -0.2) is 32.3 Å². The first kappa shape index (κ1) is 25.0. The number of carbonyl (C=O) groups excluding carboxylic acids is 1. The van der Waals surface area contributed by atoms with E-state index in [4.69, 9.17) is 18.6 Å². The van der Waals surface area contributed by atoms with Gasteiger partial charge in [-0.2, -0.15) is 5.26 Å². The maximum Gasteiger partial charge on any atom is 0.345 e. The number of aromatic nitrogens is 1. The van der Waals surface area contributed by atoms with Gasteiger partial charge in [0.15, 0.2) is 11.5 Å². The van der Waals surface area contributed by atoms with Crippen molar-refractivity contribution in [3.05, 3.63) is 73.4 Å². The second-order valence-corrected chi connectivity index (χ2v) is 9.00. The lowest BCUT2D eigenvalue weighted by Gasteiger charge is -2.13. The number of nitrogens with zero attached hydrogens (tertiary/aromatic N) is 2. The Balaban J connectivity index is 1.69. The van der Waals surface area contributed by atoms with Crippen molar-refractivity contribution >= 4 is 55.5 Å². The van der Waals surface area contributed by atoms with Crippen molar-refractivity contribution in [2.24, 2.45) is 0 Å². The van der Waals surface area contributed by atoms with E-state index in [0.29, 0.717) is 33.5 Å². The molecule has 36 heavy (non-hydrogen) atoms. The number of thiazole rings is 1. The number of anilines is 1. The van der Waals surface area contributed by atoms with Crippen LogP contribution in [0.2, 0.25) is 0 Å².